The number of hydrogen-bond acceptors (Lipinski definition) is 4. The maximum Gasteiger partial charge on any atom is 0.232 e. The predicted octanol–water partition coefficient (Wildman–Crippen LogP) is 5.68. The van der Waals surface area contributed by atoms with E-state index in [9.17, 15) is 4.79 Å². The predicted molar refractivity (Wildman–Crippen MR) is 123 cm³/mol. The molecule has 4 aliphatic carbocycles. The first-order chi connectivity index (χ1) is 14.5. The molecule has 0 radical (unpaired) electrons. The Morgan fingerprint density at radius 2 is 1.80 bits per heavy atom. The van der Waals surface area contributed by atoms with Crippen LogP contribution in [0.3, 0.4) is 0 Å². The van der Waals surface area contributed by atoms with Crippen LogP contribution in [0, 0.1) is 29.1 Å². The van der Waals surface area contributed by atoms with Crippen molar-refractivity contribution in [2.24, 2.45) is 29.1 Å². The van der Waals surface area contributed by atoms with Gasteiger partial charge in [-0.3, -0.25) is 9.69 Å². The molecule has 5 fully saturated rings. The smallest absolute Gasteiger partial charge is 0.232 e. The molecule has 5 heteroatoms. The van der Waals surface area contributed by atoms with Crippen LogP contribution in [0.15, 0.2) is 18.2 Å². The standard InChI is InChI=1S/C25H33N3OS/c1-16-4-6-28(7-5-16)15-17-2-3-21-22(11-17)30-24(26-21)27-23(29)25-12-18-8-19(13-25)10-20(9-18)14-25/h2-3,11,16,18-20H,4-10,12-15H2,1H3,(H,26,27,29). The molecule has 1 aliphatic heterocycles. The van der Waals surface area contributed by atoms with Crippen molar-refractivity contribution >= 4 is 32.6 Å². The molecular formula is C25H33N3OS. The molecule has 4 bridgehead atoms. The van der Waals surface area contributed by atoms with Gasteiger partial charge in [0.2, 0.25) is 5.91 Å². The third kappa shape index (κ3) is 3.48. The second-order valence-electron chi connectivity index (χ2n) is 10.9. The molecule has 0 unspecified atom stereocenters. The molecule has 2 aromatic rings. The Labute approximate surface area is 183 Å². The lowest BCUT2D eigenvalue weighted by molar-refractivity contribution is -0.140. The van der Waals surface area contributed by atoms with Crippen molar-refractivity contribution in [3.63, 3.8) is 0 Å². The molecule has 160 valence electrons. The van der Waals surface area contributed by atoms with Crippen molar-refractivity contribution in [2.45, 2.75) is 64.8 Å². The number of fused-ring (bicyclic) bond motifs is 1. The highest BCUT2D eigenvalue weighted by molar-refractivity contribution is 7.22. The Kier molecular flexibility index (Phi) is 4.68. The first-order valence-corrected chi connectivity index (χ1v) is 12.8. The molecule has 30 heavy (non-hydrogen) atoms. The minimum absolute atomic E-state index is 0.108. The minimum atomic E-state index is -0.108. The number of benzene rings is 1. The number of thiazole rings is 1. The number of nitrogens with one attached hydrogen (secondary N) is 1. The molecule has 1 aromatic heterocycles. The fourth-order valence-electron chi connectivity index (χ4n) is 7.22. The maximum atomic E-state index is 13.3. The van der Waals surface area contributed by atoms with Crippen LogP contribution in [0.25, 0.3) is 10.2 Å². The summed E-state index contributed by atoms with van der Waals surface area (Å²) in [6, 6.07) is 6.63. The van der Waals surface area contributed by atoms with E-state index in [0.29, 0.717) is 0 Å². The molecule has 1 saturated heterocycles. The van der Waals surface area contributed by atoms with Gasteiger partial charge >= 0.3 is 0 Å². The number of nitrogens with zero attached hydrogens (tertiary/aromatic N) is 2. The third-order valence-corrected chi connectivity index (χ3v) is 9.41. The Morgan fingerprint density at radius 3 is 2.47 bits per heavy atom. The zero-order valence-corrected chi connectivity index (χ0v) is 18.8. The van der Waals surface area contributed by atoms with E-state index in [2.05, 4.69) is 35.3 Å². The van der Waals surface area contributed by atoms with Crippen LogP contribution in [-0.4, -0.2) is 28.9 Å². The summed E-state index contributed by atoms with van der Waals surface area (Å²) in [5.41, 5.74) is 2.26. The van der Waals surface area contributed by atoms with Crippen molar-refractivity contribution in [2.75, 3.05) is 18.4 Å². The van der Waals surface area contributed by atoms with Crippen molar-refractivity contribution in [1.82, 2.24) is 9.88 Å². The van der Waals surface area contributed by atoms with Crippen LogP contribution in [0.4, 0.5) is 5.13 Å². The quantitative estimate of drug-likeness (QED) is 0.688. The van der Waals surface area contributed by atoms with Gasteiger partial charge in [0.15, 0.2) is 5.13 Å². The van der Waals surface area contributed by atoms with Gasteiger partial charge in [0.05, 0.1) is 15.6 Å². The molecule has 1 aromatic carbocycles. The molecule has 4 saturated carbocycles. The van der Waals surface area contributed by atoms with Crippen molar-refractivity contribution in [3.8, 4) is 0 Å². The van der Waals surface area contributed by atoms with Crippen LogP contribution >= 0.6 is 11.3 Å². The molecule has 4 nitrogen and oxygen atoms in total. The molecule has 2 heterocycles. The van der Waals surface area contributed by atoms with Gasteiger partial charge in [0.25, 0.3) is 0 Å². The van der Waals surface area contributed by atoms with E-state index in [4.69, 9.17) is 4.98 Å². The van der Waals surface area contributed by atoms with E-state index in [0.717, 1.165) is 60.1 Å². The van der Waals surface area contributed by atoms with Crippen molar-refractivity contribution < 1.29 is 4.79 Å². The summed E-state index contributed by atoms with van der Waals surface area (Å²) in [5.74, 6) is 3.49. The van der Waals surface area contributed by atoms with Gasteiger partial charge in [-0.2, -0.15) is 0 Å². The average molecular weight is 424 g/mol. The SMILES string of the molecule is CC1CCN(Cc2ccc3nc(NC(=O)C45CC6CC(CC(C6)C4)C5)sc3c2)CC1. The highest BCUT2D eigenvalue weighted by atomic mass is 32.1. The summed E-state index contributed by atoms with van der Waals surface area (Å²) in [7, 11) is 0. The Morgan fingerprint density at radius 1 is 1.13 bits per heavy atom. The number of carbonyl (C=O) groups is 1. The third-order valence-electron chi connectivity index (χ3n) is 8.48. The Hall–Kier alpha value is -1.46. The van der Waals surface area contributed by atoms with Gasteiger partial charge in [-0.05, 0) is 106 Å². The lowest BCUT2D eigenvalue weighted by Crippen LogP contribution is -2.51. The Balaban J connectivity index is 1.16. The molecule has 7 rings (SSSR count). The monoisotopic (exact) mass is 423 g/mol. The number of aromatic nitrogens is 1. The van der Waals surface area contributed by atoms with Crippen LogP contribution < -0.4 is 5.32 Å². The van der Waals surface area contributed by atoms with Gasteiger partial charge in [0, 0.05) is 6.54 Å². The lowest BCUT2D eigenvalue weighted by Gasteiger charge is -2.55. The fraction of sp³-hybridized carbons (Fsp3) is 0.680. The van der Waals surface area contributed by atoms with E-state index in [1.165, 1.54) is 55.5 Å². The first kappa shape index (κ1) is 19.2. The van der Waals surface area contributed by atoms with E-state index >= 15 is 0 Å². The first-order valence-electron chi connectivity index (χ1n) is 12.0. The number of hydrogen-bond donors (Lipinski definition) is 1. The molecule has 1 N–H and O–H groups in total. The molecular weight excluding hydrogens is 390 g/mol. The van der Waals surface area contributed by atoms with E-state index in [1.54, 1.807) is 11.3 Å². The second kappa shape index (κ2) is 7.30. The number of anilines is 1. The second-order valence-corrected chi connectivity index (χ2v) is 12.0. The average Bonchev–Trinajstić information content (AvgIpc) is 3.10. The number of carbonyl (C=O) groups excluding carboxylic acids is 1. The zero-order valence-electron chi connectivity index (χ0n) is 18.0. The maximum absolute atomic E-state index is 13.3. The van der Waals surface area contributed by atoms with Crippen molar-refractivity contribution in [3.05, 3.63) is 23.8 Å². The van der Waals surface area contributed by atoms with E-state index in [1.807, 2.05) is 0 Å². The topological polar surface area (TPSA) is 45.2 Å². The number of amides is 1. The van der Waals surface area contributed by atoms with Gasteiger partial charge in [-0.25, -0.2) is 4.98 Å². The summed E-state index contributed by atoms with van der Waals surface area (Å²) in [5, 5.41) is 4.04. The van der Waals surface area contributed by atoms with Gasteiger partial charge in [-0.1, -0.05) is 24.3 Å². The summed E-state index contributed by atoms with van der Waals surface area (Å²) < 4.78 is 1.19. The summed E-state index contributed by atoms with van der Waals surface area (Å²) in [6.45, 7) is 5.79. The van der Waals surface area contributed by atoms with Crippen LogP contribution in [-0.2, 0) is 11.3 Å². The van der Waals surface area contributed by atoms with Crippen LogP contribution in [0.1, 0.15) is 63.9 Å². The number of likely N-dealkylation sites (tertiary alicyclic amines) is 1. The summed E-state index contributed by atoms with van der Waals surface area (Å²) in [4.78, 5) is 20.7. The van der Waals surface area contributed by atoms with E-state index < -0.39 is 0 Å². The van der Waals surface area contributed by atoms with Gasteiger partial charge in [0.1, 0.15) is 0 Å². The minimum Gasteiger partial charge on any atom is -0.301 e. The van der Waals surface area contributed by atoms with E-state index in [-0.39, 0.29) is 11.3 Å². The molecule has 0 spiro atoms. The largest absolute Gasteiger partial charge is 0.301 e. The zero-order chi connectivity index (χ0) is 20.3. The molecule has 1 amide bonds. The molecule has 0 atom stereocenters. The van der Waals surface area contributed by atoms with Crippen LogP contribution in [0.5, 0.6) is 0 Å². The van der Waals surface area contributed by atoms with Crippen LogP contribution in [0.2, 0.25) is 0 Å². The Bertz CT molecular complexity index is 923. The molecule has 5 aliphatic rings. The fourth-order valence-corrected chi connectivity index (χ4v) is 8.14. The summed E-state index contributed by atoms with van der Waals surface area (Å²) >= 11 is 1.64. The number of rotatable bonds is 4. The normalized spacial score (nSPS) is 34.0. The highest BCUT2D eigenvalue weighted by Gasteiger charge is 2.54. The summed E-state index contributed by atoms with van der Waals surface area (Å²) in [6.07, 6.45) is 10.0. The van der Waals surface area contributed by atoms with Gasteiger partial charge < -0.3 is 5.32 Å². The number of piperidine rings is 1. The van der Waals surface area contributed by atoms with Crippen molar-refractivity contribution in [1.29, 1.82) is 0 Å². The highest BCUT2D eigenvalue weighted by Crippen LogP contribution is 2.60. The lowest BCUT2D eigenvalue weighted by atomic mass is 9.49. The van der Waals surface area contributed by atoms with Gasteiger partial charge in [-0.15, -0.1) is 0 Å².